The Labute approximate surface area is 103 Å². The van der Waals surface area contributed by atoms with E-state index in [1.54, 1.807) is 0 Å². The zero-order valence-electron chi connectivity index (χ0n) is 6.54. The SMILES string of the molecule is O=S(=O)(O)O.O=S(O)O.[Ba+2].[H-].[H-]. The van der Waals surface area contributed by atoms with Crippen LogP contribution in [0, 0.1) is 0 Å². The van der Waals surface area contributed by atoms with Gasteiger partial charge in [-0.1, -0.05) is 0 Å². The van der Waals surface area contributed by atoms with Crippen LogP contribution >= 0.6 is 0 Å². The molecule has 0 unspecified atom stereocenters. The van der Waals surface area contributed by atoms with Gasteiger partial charge in [0.05, 0.1) is 0 Å². The Hall–Kier alpha value is 1.51. The van der Waals surface area contributed by atoms with Gasteiger partial charge in [-0.2, -0.15) is 12.6 Å². The van der Waals surface area contributed by atoms with Crippen LogP contribution < -0.4 is 0 Å². The minimum absolute atomic E-state index is 0. The standard InChI is InChI=1S/Ba.H2O4S.H2O3S.2H/c;1-5(2,3)4;1-4(2)3;;/h;(H2,1,2,3,4);(H2,1,2,3);;/q+2;;;2*-1. The molecule has 4 N–H and O–H groups in total. The van der Waals surface area contributed by atoms with E-state index in [9.17, 15) is 0 Å². The first-order valence-electron chi connectivity index (χ1n) is 1.23. The van der Waals surface area contributed by atoms with Crippen molar-refractivity contribution in [2.45, 2.75) is 0 Å². The summed E-state index contributed by atoms with van der Waals surface area (Å²) in [7, 11) is -4.67. The van der Waals surface area contributed by atoms with E-state index in [1.807, 2.05) is 0 Å². The van der Waals surface area contributed by atoms with Gasteiger partial charge in [0.15, 0.2) is 0 Å². The molecule has 0 rings (SSSR count). The Morgan fingerprint density at radius 2 is 1.20 bits per heavy atom. The van der Waals surface area contributed by atoms with Crippen molar-refractivity contribution in [2.24, 2.45) is 0 Å². The van der Waals surface area contributed by atoms with Gasteiger partial charge in [0.25, 0.3) is 11.4 Å². The summed E-state index contributed by atoms with van der Waals surface area (Å²) in [5.74, 6) is 0. The normalized spacial score (nSPS) is 9.30. The molecule has 0 radical (unpaired) electrons. The first kappa shape index (κ1) is 17.6. The Balaban J connectivity index is -0.0000000221. The van der Waals surface area contributed by atoms with E-state index in [2.05, 4.69) is 0 Å². The molecule has 0 aromatic rings. The van der Waals surface area contributed by atoms with Gasteiger partial charge < -0.3 is 2.85 Å². The van der Waals surface area contributed by atoms with Gasteiger partial charge in [-0.05, 0) is 0 Å². The number of hydrogen-bond acceptors (Lipinski definition) is 3. The molecule has 0 bridgehead atoms. The topological polar surface area (TPSA) is 132 Å². The molecule has 0 atom stereocenters. The average Bonchev–Trinajstić information content (AvgIpc) is 1.19. The summed E-state index contributed by atoms with van der Waals surface area (Å²) in [6.07, 6.45) is 0. The van der Waals surface area contributed by atoms with E-state index >= 15 is 0 Å². The number of hydrogen-bond donors (Lipinski definition) is 4. The summed E-state index contributed by atoms with van der Waals surface area (Å²) < 4.78 is 54.4. The van der Waals surface area contributed by atoms with Crippen LogP contribution in [0.25, 0.3) is 0 Å². The van der Waals surface area contributed by atoms with E-state index in [0.29, 0.717) is 0 Å². The van der Waals surface area contributed by atoms with Crippen LogP contribution in [-0.4, -0.2) is 79.7 Å². The van der Waals surface area contributed by atoms with Crippen LogP contribution in [0.3, 0.4) is 0 Å². The van der Waals surface area contributed by atoms with E-state index in [4.69, 9.17) is 30.8 Å². The van der Waals surface area contributed by atoms with Crippen molar-refractivity contribution in [3.8, 4) is 0 Å². The third-order valence-corrected chi connectivity index (χ3v) is 0. The molecule has 0 aliphatic carbocycles. The summed E-state index contributed by atoms with van der Waals surface area (Å²) in [4.78, 5) is 0. The van der Waals surface area contributed by atoms with Crippen molar-refractivity contribution in [1.29, 1.82) is 0 Å². The molecule has 0 saturated carbocycles. The maximum atomic E-state index is 8.74. The van der Waals surface area contributed by atoms with Crippen LogP contribution in [0.15, 0.2) is 0 Å². The third-order valence-electron chi connectivity index (χ3n) is 0. The van der Waals surface area contributed by atoms with Crippen molar-refractivity contribution in [1.82, 2.24) is 0 Å². The fraction of sp³-hybridized carbons (Fsp3) is 0. The largest absolute Gasteiger partial charge is 2.00 e. The minimum atomic E-state index is -4.67. The molecular weight excluding hydrogens is 313 g/mol. The molecule has 10 heavy (non-hydrogen) atoms. The monoisotopic (exact) mass is 320 g/mol. The van der Waals surface area contributed by atoms with Gasteiger partial charge >= 0.3 is 59.3 Å². The first-order chi connectivity index (χ1) is 3.73. The van der Waals surface area contributed by atoms with Gasteiger partial charge in [-0.25, -0.2) is 0 Å². The molecule has 0 aromatic carbocycles. The smallest absolute Gasteiger partial charge is 1.00 e. The van der Waals surface area contributed by atoms with Gasteiger partial charge in [0.1, 0.15) is 0 Å². The van der Waals surface area contributed by atoms with E-state index in [0.717, 1.165) is 0 Å². The molecule has 0 aliphatic rings. The minimum Gasteiger partial charge on any atom is -1.00 e. The molecule has 0 amide bonds. The van der Waals surface area contributed by atoms with Crippen LogP contribution in [0.2, 0.25) is 0 Å². The Bertz CT molecular complexity index is 162. The molecule has 0 saturated heterocycles. The van der Waals surface area contributed by atoms with Crippen molar-refractivity contribution in [3.63, 3.8) is 0 Å². The first-order valence-corrected chi connectivity index (χ1v) is 3.69. The van der Waals surface area contributed by atoms with Crippen molar-refractivity contribution in [3.05, 3.63) is 0 Å². The zero-order chi connectivity index (χ0) is 8.08. The predicted molar refractivity (Wildman–Crippen MR) is 35.6 cm³/mol. The van der Waals surface area contributed by atoms with Crippen LogP contribution in [-0.2, 0) is 21.8 Å². The van der Waals surface area contributed by atoms with E-state index < -0.39 is 21.8 Å². The second kappa shape index (κ2) is 8.61. The van der Waals surface area contributed by atoms with Gasteiger partial charge in [-0.3, -0.25) is 18.2 Å². The fourth-order valence-corrected chi connectivity index (χ4v) is 0. The second-order valence-electron chi connectivity index (χ2n) is 0.679. The molecule has 0 aromatic heterocycles. The quantitative estimate of drug-likeness (QED) is 0.252. The second-order valence-corrected chi connectivity index (χ2v) is 2.04. The maximum Gasteiger partial charge on any atom is 2.00 e. The molecule has 62 valence electrons. The molecule has 0 fully saturated rings. The van der Waals surface area contributed by atoms with E-state index in [1.165, 1.54) is 0 Å². The van der Waals surface area contributed by atoms with Crippen molar-refractivity contribution >= 4 is 70.6 Å². The van der Waals surface area contributed by atoms with Crippen molar-refractivity contribution < 1.29 is 33.7 Å². The van der Waals surface area contributed by atoms with Gasteiger partial charge in [0.2, 0.25) is 0 Å². The summed E-state index contributed by atoms with van der Waals surface area (Å²) in [5.41, 5.74) is 0. The maximum absolute atomic E-state index is 8.74. The summed E-state index contributed by atoms with van der Waals surface area (Å²) in [5, 5.41) is 0. The van der Waals surface area contributed by atoms with Gasteiger partial charge in [-0.15, -0.1) is 0 Å². The molecule has 10 heteroatoms. The Kier molecular flexibility index (Phi) is 15.1. The van der Waals surface area contributed by atoms with E-state index in [-0.39, 0.29) is 51.7 Å². The Morgan fingerprint density at radius 3 is 1.20 bits per heavy atom. The van der Waals surface area contributed by atoms with Crippen LogP contribution in [0.5, 0.6) is 0 Å². The molecule has 0 heterocycles. The van der Waals surface area contributed by atoms with Crippen molar-refractivity contribution in [2.75, 3.05) is 0 Å². The molecule has 0 aliphatic heterocycles. The molecular formula is H6BaO7S2. The summed E-state index contributed by atoms with van der Waals surface area (Å²) in [6.45, 7) is 0. The fourth-order valence-electron chi connectivity index (χ4n) is 0. The third kappa shape index (κ3) is 302. The van der Waals surface area contributed by atoms with Crippen LogP contribution in [0.1, 0.15) is 2.85 Å². The zero-order valence-corrected chi connectivity index (χ0v) is 10.6. The molecule has 0 spiro atoms. The summed E-state index contributed by atoms with van der Waals surface area (Å²) >= 11 is -2.61. The average molecular weight is 320 g/mol. The van der Waals surface area contributed by atoms with Crippen LogP contribution in [0.4, 0.5) is 0 Å². The Morgan fingerprint density at radius 1 is 1.20 bits per heavy atom. The summed E-state index contributed by atoms with van der Waals surface area (Å²) in [6, 6.07) is 0. The predicted octanol–water partition coefficient (Wildman–Crippen LogP) is -1.13. The van der Waals surface area contributed by atoms with Gasteiger partial charge in [0, 0.05) is 0 Å². The molecule has 7 nitrogen and oxygen atoms in total. The number of rotatable bonds is 0.